The third kappa shape index (κ3) is 4.53. The lowest BCUT2D eigenvalue weighted by atomic mass is 10.1. The van der Waals surface area contributed by atoms with Crippen LogP contribution in [0.4, 0.5) is 13.2 Å². The summed E-state index contributed by atoms with van der Waals surface area (Å²) in [5.74, 6) is -6.05. The number of halogens is 3. The molecule has 2 rings (SSSR count). The van der Waals surface area contributed by atoms with Crippen LogP contribution in [0.25, 0.3) is 0 Å². The van der Waals surface area contributed by atoms with Crippen LogP contribution in [-0.4, -0.2) is 60.4 Å². The highest BCUT2D eigenvalue weighted by Gasteiger charge is 2.28. The van der Waals surface area contributed by atoms with Gasteiger partial charge in [0.25, 0.3) is 5.91 Å². The van der Waals surface area contributed by atoms with E-state index in [9.17, 15) is 27.6 Å². The summed E-state index contributed by atoms with van der Waals surface area (Å²) in [6.07, 6.45) is -0.0174. The maximum atomic E-state index is 13.7. The molecule has 26 heavy (non-hydrogen) atoms. The molecule has 0 spiro atoms. The molecule has 0 unspecified atom stereocenters. The van der Waals surface area contributed by atoms with Crippen LogP contribution in [-0.2, 0) is 14.3 Å². The van der Waals surface area contributed by atoms with Gasteiger partial charge in [-0.1, -0.05) is 0 Å². The van der Waals surface area contributed by atoms with Gasteiger partial charge >= 0.3 is 5.97 Å². The maximum absolute atomic E-state index is 13.7. The van der Waals surface area contributed by atoms with Crippen LogP contribution < -0.4 is 0 Å². The van der Waals surface area contributed by atoms with Crippen LogP contribution in [0, 0.1) is 17.5 Å². The predicted octanol–water partition coefficient (Wildman–Crippen LogP) is 1.73. The molecular weight excluding hydrogens is 353 g/mol. The van der Waals surface area contributed by atoms with Crippen molar-refractivity contribution < 1.29 is 32.3 Å². The number of carbonyl (C=O) groups is 3. The summed E-state index contributed by atoms with van der Waals surface area (Å²) in [5, 5.41) is 0. The fourth-order valence-electron chi connectivity index (χ4n) is 2.62. The Hall–Kier alpha value is -2.58. The fourth-order valence-corrected chi connectivity index (χ4v) is 2.62. The van der Waals surface area contributed by atoms with Gasteiger partial charge in [0.2, 0.25) is 5.91 Å². The average Bonchev–Trinajstić information content (AvgIpc) is 2.64. The fraction of sp³-hybridized carbons (Fsp3) is 0.471. The van der Waals surface area contributed by atoms with Gasteiger partial charge in [-0.15, -0.1) is 0 Å². The van der Waals surface area contributed by atoms with E-state index >= 15 is 0 Å². The highest BCUT2D eigenvalue weighted by molar-refractivity contribution is 5.94. The molecule has 6 nitrogen and oxygen atoms in total. The SMILES string of the molecule is CCOC(=O)CCC(=O)N1CCN(C(=O)c2ccc(F)c(F)c2F)CC1. The standard InChI is InChI=1S/C17H19F3N2O4/c1-2-26-14(24)6-5-13(23)21-7-9-22(10-8-21)17(25)11-3-4-12(18)16(20)15(11)19/h3-4H,2,5-10H2,1H3. The van der Waals surface area contributed by atoms with E-state index in [1.54, 1.807) is 6.92 Å². The van der Waals surface area contributed by atoms with E-state index in [-0.39, 0.29) is 51.5 Å². The molecule has 0 aliphatic carbocycles. The first-order valence-corrected chi connectivity index (χ1v) is 8.21. The smallest absolute Gasteiger partial charge is 0.306 e. The summed E-state index contributed by atoms with van der Waals surface area (Å²) in [6.45, 7) is 2.59. The number of piperazine rings is 1. The number of benzene rings is 1. The zero-order valence-electron chi connectivity index (χ0n) is 14.3. The van der Waals surface area contributed by atoms with Gasteiger partial charge in [0.15, 0.2) is 17.5 Å². The van der Waals surface area contributed by atoms with Gasteiger partial charge < -0.3 is 14.5 Å². The number of amides is 2. The molecule has 2 amide bonds. The normalized spacial score (nSPS) is 14.3. The van der Waals surface area contributed by atoms with Crippen molar-refractivity contribution in [2.75, 3.05) is 32.8 Å². The van der Waals surface area contributed by atoms with Crippen molar-refractivity contribution in [3.8, 4) is 0 Å². The molecule has 0 saturated carbocycles. The van der Waals surface area contributed by atoms with E-state index in [4.69, 9.17) is 4.74 Å². The van der Waals surface area contributed by atoms with Gasteiger partial charge in [-0.2, -0.15) is 0 Å². The average molecular weight is 372 g/mol. The second-order valence-corrected chi connectivity index (χ2v) is 5.70. The van der Waals surface area contributed by atoms with Crippen LogP contribution >= 0.6 is 0 Å². The van der Waals surface area contributed by atoms with Crippen molar-refractivity contribution in [3.63, 3.8) is 0 Å². The van der Waals surface area contributed by atoms with Crippen LogP contribution in [0.3, 0.4) is 0 Å². The molecule has 1 aromatic rings. The van der Waals surface area contributed by atoms with E-state index in [1.165, 1.54) is 9.80 Å². The second-order valence-electron chi connectivity index (χ2n) is 5.70. The molecule has 0 atom stereocenters. The highest BCUT2D eigenvalue weighted by atomic mass is 19.2. The number of esters is 1. The summed E-state index contributed by atoms with van der Waals surface area (Å²) >= 11 is 0. The van der Waals surface area contributed by atoms with Crippen molar-refractivity contribution in [1.82, 2.24) is 9.80 Å². The highest BCUT2D eigenvalue weighted by Crippen LogP contribution is 2.18. The lowest BCUT2D eigenvalue weighted by Gasteiger charge is -2.35. The Morgan fingerprint density at radius 3 is 2.19 bits per heavy atom. The molecule has 1 aliphatic rings. The third-order valence-corrected chi connectivity index (χ3v) is 4.03. The van der Waals surface area contributed by atoms with Crippen molar-refractivity contribution >= 4 is 17.8 Å². The molecule has 1 saturated heterocycles. The minimum atomic E-state index is -1.69. The molecule has 142 valence electrons. The van der Waals surface area contributed by atoms with Gasteiger partial charge in [0.1, 0.15) is 0 Å². The van der Waals surface area contributed by atoms with Crippen LogP contribution in [0.1, 0.15) is 30.1 Å². The predicted molar refractivity (Wildman–Crippen MR) is 84.7 cm³/mol. The molecule has 0 bridgehead atoms. The maximum Gasteiger partial charge on any atom is 0.306 e. The zero-order chi connectivity index (χ0) is 19.3. The quantitative estimate of drug-likeness (QED) is 0.583. The Morgan fingerprint density at radius 2 is 1.58 bits per heavy atom. The van der Waals surface area contributed by atoms with Crippen LogP contribution in [0.2, 0.25) is 0 Å². The molecule has 1 fully saturated rings. The molecule has 1 heterocycles. The van der Waals surface area contributed by atoms with Gasteiger partial charge in [0.05, 0.1) is 18.6 Å². The molecule has 1 aromatic carbocycles. The number of rotatable bonds is 5. The topological polar surface area (TPSA) is 66.9 Å². The number of carbonyl (C=O) groups excluding carboxylic acids is 3. The van der Waals surface area contributed by atoms with Gasteiger partial charge in [-0.25, -0.2) is 13.2 Å². The Labute approximate surface area is 148 Å². The molecular formula is C17H19F3N2O4. The van der Waals surface area contributed by atoms with Crippen molar-refractivity contribution in [2.45, 2.75) is 19.8 Å². The molecule has 0 N–H and O–H groups in total. The van der Waals surface area contributed by atoms with E-state index in [0.29, 0.717) is 6.07 Å². The van der Waals surface area contributed by atoms with Gasteiger partial charge in [-0.05, 0) is 19.1 Å². The Balaban J connectivity index is 1.90. The summed E-state index contributed by atoms with van der Waals surface area (Å²) in [6, 6.07) is 1.59. The Morgan fingerprint density at radius 1 is 0.962 bits per heavy atom. The van der Waals surface area contributed by atoms with E-state index < -0.39 is 34.9 Å². The number of ether oxygens (including phenoxy) is 1. The number of hydrogen-bond donors (Lipinski definition) is 0. The van der Waals surface area contributed by atoms with E-state index in [1.807, 2.05) is 0 Å². The first kappa shape index (κ1) is 19.7. The molecule has 1 aliphatic heterocycles. The van der Waals surface area contributed by atoms with Crippen molar-refractivity contribution in [1.29, 1.82) is 0 Å². The first-order valence-electron chi connectivity index (χ1n) is 8.21. The summed E-state index contributed by atoms with van der Waals surface area (Å²) in [7, 11) is 0. The lowest BCUT2D eigenvalue weighted by molar-refractivity contribution is -0.146. The lowest BCUT2D eigenvalue weighted by Crippen LogP contribution is -2.50. The third-order valence-electron chi connectivity index (χ3n) is 4.03. The van der Waals surface area contributed by atoms with Gasteiger partial charge in [0, 0.05) is 32.6 Å². The molecule has 0 aromatic heterocycles. The summed E-state index contributed by atoms with van der Waals surface area (Å²) in [5.41, 5.74) is -0.550. The van der Waals surface area contributed by atoms with Crippen molar-refractivity contribution in [2.24, 2.45) is 0 Å². The van der Waals surface area contributed by atoms with E-state index in [0.717, 1.165) is 6.07 Å². The second kappa shape index (κ2) is 8.68. The zero-order valence-corrected chi connectivity index (χ0v) is 14.3. The molecule has 9 heteroatoms. The molecule has 0 radical (unpaired) electrons. The Bertz CT molecular complexity index is 703. The minimum Gasteiger partial charge on any atom is -0.466 e. The minimum absolute atomic E-state index is 0.00454. The summed E-state index contributed by atoms with van der Waals surface area (Å²) < 4.78 is 44.7. The first-order chi connectivity index (χ1) is 12.3. The van der Waals surface area contributed by atoms with Gasteiger partial charge in [-0.3, -0.25) is 14.4 Å². The number of hydrogen-bond acceptors (Lipinski definition) is 4. The van der Waals surface area contributed by atoms with Crippen molar-refractivity contribution in [3.05, 3.63) is 35.1 Å². The largest absolute Gasteiger partial charge is 0.466 e. The Kier molecular flexibility index (Phi) is 6.59. The van der Waals surface area contributed by atoms with Crippen LogP contribution in [0.15, 0.2) is 12.1 Å². The monoisotopic (exact) mass is 372 g/mol. The van der Waals surface area contributed by atoms with E-state index in [2.05, 4.69) is 0 Å². The summed E-state index contributed by atoms with van der Waals surface area (Å²) in [4.78, 5) is 38.4. The van der Waals surface area contributed by atoms with Crippen LogP contribution in [0.5, 0.6) is 0 Å². The number of nitrogens with zero attached hydrogens (tertiary/aromatic N) is 2.